The summed E-state index contributed by atoms with van der Waals surface area (Å²) >= 11 is 0. The lowest BCUT2D eigenvalue weighted by Crippen LogP contribution is -2.41. The molecule has 1 heterocycles. The minimum Gasteiger partial charge on any atom is -0.394 e. The van der Waals surface area contributed by atoms with Crippen LogP contribution in [0.5, 0.6) is 0 Å². The van der Waals surface area contributed by atoms with Gasteiger partial charge in [-0.15, -0.1) is 0 Å². The second-order valence-corrected chi connectivity index (χ2v) is 5.35. The zero-order chi connectivity index (χ0) is 12.7. The molecular weight excluding hydrogens is 216 g/mol. The van der Waals surface area contributed by atoms with E-state index in [2.05, 4.69) is 10.6 Å². The van der Waals surface area contributed by atoms with E-state index in [0.717, 1.165) is 19.5 Å². The van der Waals surface area contributed by atoms with Gasteiger partial charge < -0.3 is 15.7 Å². The van der Waals surface area contributed by atoms with Crippen molar-refractivity contribution in [2.24, 2.45) is 11.8 Å². The largest absolute Gasteiger partial charge is 0.394 e. The third kappa shape index (κ3) is 5.50. The molecule has 1 aliphatic rings. The minimum absolute atomic E-state index is 0.0222. The van der Waals surface area contributed by atoms with Crippen LogP contribution in [-0.4, -0.2) is 36.8 Å². The van der Waals surface area contributed by atoms with E-state index in [4.69, 9.17) is 5.11 Å². The van der Waals surface area contributed by atoms with Gasteiger partial charge in [0.15, 0.2) is 0 Å². The quantitative estimate of drug-likeness (QED) is 0.648. The molecule has 3 N–H and O–H groups in total. The number of carbonyl (C=O) groups excluding carboxylic acids is 1. The number of hydrogen-bond acceptors (Lipinski definition) is 3. The highest BCUT2D eigenvalue weighted by Crippen LogP contribution is 2.15. The summed E-state index contributed by atoms with van der Waals surface area (Å²) in [5, 5.41) is 15.4. The summed E-state index contributed by atoms with van der Waals surface area (Å²) in [7, 11) is 0. The van der Waals surface area contributed by atoms with Gasteiger partial charge in [0.2, 0.25) is 5.91 Å². The van der Waals surface area contributed by atoms with Gasteiger partial charge in [0.05, 0.1) is 12.6 Å². The predicted octanol–water partition coefficient (Wildman–Crippen LogP) is 0.899. The molecule has 0 aromatic carbocycles. The fourth-order valence-corrected chi connectivity index (χ4v) is 2.21. The molecule has 0 bridgehead atoms. The lowest BCUT2D eigenvalue weighted by Gasteiger charge is -2.23. The summed E-state index contributed by atoms with van der Waals surface area (Å²) in [4.78, 5) is 11.7. The maximum atomic E-state index is 11.7. The average Bonchev–Trinajstić information content (AvgIpc) is 2.34. The van der Waals surface area contributed by atoms with Crippen LogP contribution in [0.25, 0.3) is 0 Å². The highest BCUT2D eigenvalue weighted by Gasteiger charge is 2.17. The molecule has 0 saturated carbocycles. The normalized spacial score (nSPS) is 22.5. The van der Waals surface area contributed by atoms with Crippen molar-refractivity contribution in [2.45, 2.75) is 45.6 Å². The molecule has 100 valence electrons. The minimum atomic E-state index is -0.105. The first-order chi connectivity index (χ1) is 8.13. The monoisotopic (exact) mass is 242 g/mol. The fraction of sp³-hybridized carbons (Fsp3) is 0.923. The number of piperidine rings is 1. The molecule has 4 heteroatoms. The number of carbonyl (C=O) groups is 1. The second kappa shape index (κ2) is 7.67. The summed E-state index contributed by atoms with van der Waals surface area (Å²) in [5.41, 5.74) is 0. The molecule has 1 amide bonds. The van der Waals surface area contributed by atoms with Crippen molar-refractivity contribution in [3.05, 3.63) is 0 Å². The van der Waals surface area contributed by atoms with E-state index < -0.39 is 0 Å². The summed E-state index contributed by atoms with van der Waals surface area (Å²) < 4.78 is 0. The highest BCUT2D eigenvalue weighted by molar-refractivity contribution is 5.76. The van der Waals surface area contributed by atoms with E-state index >= 15 is 0 Å². The molecule has 0 radical (unpaired) electrons. The summed E-state index contributed by atoms with van der Waals surface area (Å²) in [6.45, 7) is 6.19. The van der Waals surface area contributed by atoms with E-state index in [1.165, 1.54) is 12.8 Å². The van der Waals surface area contributed by atoms with Crippen LogP contribution in [-0.2, 0) is 4.79 Å². The Morgan fingerprint density at radius 1 is 1.53 bits per heavy atom. The Labute approximate surface area is 104 Å². The Bertz CT molecular complexity index is 225. The zero-order valence-corrected chi connectivity index (χ0v) is 11.0. The van der Waals surface area contributed by atoms with Gasteiger partial charge in [-0.2, -0.15) is 0 Å². The van der Waals surface area contributed by atoms with E-state index in [1.807, 2.05) is 13.8 Å². The van der Waals surface area contributed by atoms with Crippen LogP contribution >= 0.6 is 0 Å². The van der Waals surface area contributed by atoms with Gasteiger partial charge in [0.25, 0.3) is 0 Å². The summed E-state index contributed by atoms with van der Waals surface area (Å²) in [6, 6.07) is -0.105. The molecule has 0 aromatic heterocycles. The van der Waals surface area contributed by atoms with Crippen LogP contribution in [0.15, 0.2) is 0 Å². The van der Waals surface area contributed by atoms with Crippen LogP contribution in [0.4, 0.5) is 0 Å². The second-order valence-electron chi connectivity index (χ2n) is 5.35. The first-order valence-corrected chi connectivity index (χ1v) is 6.74. The molecule has 1 rings (SSSR count). The third-order valence-corrected chi connectivity index (χ3v) is 3.53. The molecule has 2 atom stereocenters. The standard InChI is InChI=1S/C13H26N2O2/c1-10(2)12(9-16)15-13(17)6-5-11-4-3-7-14-8-11/h10-12,14,16H,3-9H2,1-2H3,(H,15,17)/t11?,12-/m1/s1. The number of hydrogen-bond donors (Lipinski definition) is 3. The van der Waals surface area contributed by atoms with E-state index in [9.17, 15) is 4.79 Å². The lowest BCUT2D eigenvalue weighted by atomic mass is 9.94. The van der Waals surface area contributed by atoms with Gasteiger partial charge in [0.1, 0.15) is 0 Å². The molecule has 1 unspecified atom stereocenters. The Balaban J connectivity index is 2.19. The molecular formula is C13H26N2O2. The number of aliphatic hydroxyl groups is 1. The Morgan fingerprint density at radius 3 is 2.82 bits per heavy atom. The van der Waals surface area contributed by atoms with Crippen LogP contribution in [0.3, 0.4) is 0 Å². The Kier molecular flexibility index (Phi) is 6.52. The van der Waals surface area contributed by atoms with Gasteiger partial charge in [-0.1, -0.05) is 13.8 Å². The van der Waals surface area contributed by atoms with Crippen molar-refractivity contribution in [1.29, 1.82) is 0 Å². The molecule has 1 fully saturated rings. The van der Waals surface area contributed by atoms with Gasteiger partial charge in [-0.25, -0.2) is 0 Å². The van der Waals surface area contributed by atoms with Crippen LogP contribution in [0, 0.1) is 11.8 Å². The molecule has 0 aliphatic carbocycles. The smallest absolute Gasteiger partial charge is 0.220 e. The van der Waals surface area contributed by atoms with E-state index in [0.29, 0.717) is 12.3 Å². The fourth-order valence-electron chi connectivity index (χ4n) is 2.21. The van der Waals surface area contributed by atoms with Crippen molar-refractivity contribution >= 4 is 5.91 Å². The Morgan fingerprint density at radius 2 is 2.29 bits per heavy atom. The van der Waals surface area contributed by atoms with Crippen LogP contribution < -0.4 is 10.6 Å². The highest BCUT2D eigenvalue weighted by atomic mass is 16.3. The first kappa shape index (κ1) is 14.5. The third-order valence-electron chi connectivity index (χ3n) is 3.53. The van der Waals surface area contributed by atoms with Crippen molar-refractivity contribution in [2.75, 3.05) is 19.7 Å². The molecule has 17 heavy (non-hydrogen) atoms. The molecule has 1 aliphatic heterocycles. The topological polar surface area (TPSA) is 61.4 Å². The predicted molar refractivity (Wildman–Crippen MR) is 68.7 cm³/mol. The molecule has 0 aromatic rings. The number of aliphatic hydroxyl groups excluding tert-OH is 1. The van der Waals surface area contributed by atoms with Gasteiger partial charge >= 0.3 is 0 Å². The maximum absolute atomic E-state index is 11.7. The number of amides is 1. The number of nitrogens with one attached hydrogen (secondary N) is 2. The Hall–Kier alpha value is -0.610. The van der Waals surface area contributed by atoms with Gasteiger partial charge in [-0.3, -0.25) is 4.79 Å². The van der Waals surface area contributed by atoms with Crippen molar-refractivity contribution in [3.63, 3.8) is 0 Å². The zero-order valence-electron chi connectivity index (χ0n) is 11.0. The first-order valence-electron chi connectivity index (χ1n) is 6.74. The van der Waals surface area contributed by atoms with Crippen molar-refractivity contribution in [1.82, 2.24) is 10.6 Å². The molecule has 4 nitrogen and oxygen atoms in total. The summed E-state index contributed by atoms with van der Waals surface area (Å²) in [5.74, 6) is 0.991. The van der Waals surface area contributed by atoms with E-state index in [-0.39, 0.29) is 24.5 Å². The maximum Gasteiger partial charge on any atom is 0.220 e. The van der Waals surface area contributed by atoms with Crippen molar-refractivity contribution in [3.8, 4) is 0 Å². The van der Waals surface area contributed by atoms with Crippen LogP contribution in [0.2, 0.25) is 0 Å². The van der Waals surface area contributed by atoms with Gasteiger partial charge in [0, 0.05) is 6.42 Å². The number of rotatable bonds is 6. The van der Waals surface area contributed by atoms with E-state index in [1.54, 1.807) is 0 Å². The molecule has 0 spiro atoms. The SMILES string of the molecule is CC(C)[C@@H](CO)NC(=O)CCC1CCCNC1. The summed E-state index contributed by atoms with van der Waals surface area (Å²) in [6.07, 6.45) is 3.98. The van der Waals surface area contributed by atoms with Crippen LogP contribution in [0.1, 0.15) is 39.5 Å². The lowest BCUT2D eigenvalue weighted by molar-refractivity contribution is -0.122. The van der Waals surface area contributed by atoms with Crippen molar-refractivity contribution < 1.29 is 9.90 Å². The van der Waals surface area contributed by atoms with Gasteiger partial charge in [-0.05, 0) is 44.2 Å². The average molecular weight is 242 g/mol. The molecule has 1 saturated heterocycles.